The Morgan fingerprint density at radius 3 is 3.05 bits per heavy atom. The molecular formula is C17H20N2O. The van der Waals surface area contributed by atoms with Gasteiger partial charge < -0.3 is 10.3 Å². The summed E-state index contributed by atoms with van der Waals surface area (Å²) >= 11 is 0. The van der Waals surface area contributed by atoms with Crippen molar-refractivity contribution >= 4 is 16.8 Å². The van der Waals surface area contributed by atoms with Gasteiger partial charge in [0.15, 0.2) is 0 Å². The van der Waals surface area contributed by atoms with Crippen molar-refractivity contribution in [2.75, 3.05) is 6.54 Å². The molecule has 0 spiro atoms. The lowest BCUT2D eigenvalue weighted by atomic mass is 9.93. The second-order valence-electron chi connectivity index (χ2n) is 5.38. The lowest BCUT2D eigenvalue weighted by molar-refractivity contribution is -0.125. The average Bonchev–Trinajstić information content (AvgIpc) is 2.92. The van der Waals surface area contributed by atoms with Gasteiger partial charge in [0.1, 0.15) is 0 Å². The van der Waals surface area contributed by atoms with E-state index in [1.165, 1.54) is 10.9 Å². The van der Waals surface area contributed by atoms with Crippen LogP contribution in [-0.2, 0) is 11.2 Å². The third-order valence-electron chi connectivity index (χ3n) is 4.01. The van der Waals surface area contributed by atoms with Gasteiger partial charge in [-0.25, -0.2) is 0 Å². The summed E-state index contributed by atoms with van der Waals surface area (Å²) in [6.07, 6.45) is 10.1. The number of hydrogen-bond donors (Lipinski definition) is 2. The van der Waals surface area contributed by atoms with Crippen LogP contribution in [0.5, 0.6) is 0 Å². The number of H-pyrrole nitrogens is 1. The first kappa shape index (κ1) is 13.0. The number of benzene rings is 1. The maximum absolute atomic E-state index is 12.0. The number of fused-ring (bicyclic) bond motifs is 1. The predicted molar refractivity (Wildman–Crippen MR) is 81.5 cm³/mol. The molecular weight excluding hydrogens is 248 g/mol. The van der Waals surface area contributed by atoms with E-state index < -0.39 is 0 Å². The topological polar surface area (TPSA) is 44.9 Å². The molecule has 1 heterocycles. The highest BCUT2D eigenvalue weighted by Crippen LogP contribution is 2.19. The van der Waals surface area contributed by atoms with Crippen molar-refractivity contribution in [2.24, 2.45) is 5.92 Å². The molecule has 1 aromatic carbocycles. The Labute approximate surface area is 119 Å². The van der Waals surface area contributed by atoms with Crippen LogP contribution in [0.15, 0.2) is 42.6 Å². The second-order valence-corrected chi connectivity index (χ2v) is 5.38. The van der Waals surface area contributed by atoms with Crippen LogP contribution in [0.4, 0.5) is 0 Å². The fourth-order valence-corrected chi connectivity index (χ4v) is 2.83. The van der Waals surface area contributed by atoms with Crippen LogP contribution in [0.3, 0.4) is 0 Å². The number of carbonyl (C=O) groups excluding carboxylic acids is 1. The molecule has 0 fully saturated rings. The molecule has 2 aromatic rings. The minimum absolute atomic E-state index is 0.169. The maximum atomic E-state index is 12.0. The van der Waals surface area contributed by atoms with Gasteiger partial charge in [-0.2, -0.15) is 0 Å². The first-order chi connectivity index (χ1) is 9.84. The largest absolute Gasteiger partial charge is 0.361 e. The highest BCUT2D eigenvalue weighted by molar-refractivity contribution is 5.83. The zero-order chi connectivity index (χ0) is 13.8. The Morgan fingerprint density at radius 2 is 2.20 bits per heavy atom. The molecule has 1 aromatic heterocycles. The monoisotopic (exact) mass is 268 g/mol. The molecule has 1 aliphatic carbocycles. The van der Waals surface area contributed by atoms with Crippen LogP contribution in [0, 0.1) is 5.92 Å². The zero-order valence-electron chi connectivity index (χ0n) is 11.6. The van der Waals surface area contributed by atoms with Crippen LogP contribution in [0.1, 0.15) is 24.8 Å². The standard InChI is InChI=1S/C17H20N2O/c20-17(13-6-2-1-3-7-13)18-11-10-14-12-19-16-9-5-4-8-15(14)16/h1-2,4-5,8-9,12-13,19H,3,6-7,10-11H2,(H,18,20)/t13-/m1/s1. The van der Waals surface area contributed by atoms with Gasteiger partial charge in [0.05, 0.1) is 0 Å². The fraction of sp³-hybridized carbons (Fsp3) is 0.353. The number of aromatic nitrogens is 1. The highest BCUT2D eigenvalue weighted by atomic mass is 16.1. The Morgan fingerprint density at radius 1 is 1.30 bits per heavy atom. The molecule has 20 heavy (non-hydrogen) atoms. The molecule has 0 bridgehead atoms. The molecule has 1 aliphatic rings. The average molecular weight is 268 g/mol. The van der Waals surface area contributed by atoms with E-state index in [0.29, 0.717) is 6.54 Å². The number of nitrogens with one attached hydrogen (secondary N) is 2. The molecule has 2 N–H and O–H groups in total. The second kappa shape index (κ2) is 5.95. The summed E-state index contributed by atoms with van der Waals surface area (Å²) in [4.78, 5) is 15.3. The SMILES string of the molecule is O=C(NCCc1c[nH]c2ccccc12)[C@@H]1CC=CCC1. The van der Waals surface area contributed by atoms with Gasteiger partial charge in [-0.15, -0.1) is 0 Å². The van der Waals surface area contributed by atoms with Gasteiger partial charge >= 0.3 is 0 Å². The summed E-state index contributed by atoms with van der Waals surface area (Å²) in [7, 11) is 0. The Hall–Kier alpha value is -2.03. The minimum atomic E-state index is 0.169. The minimum Gasteiger partial charge on any atom is -0.361 e. The molecule has 0 saturated carbocycles. The van der Waals surface area contributed by atoms with Gasteiger partial charge in [-0.05, 0) is 37.3 Å². The van der Waals surface area contributed by atoms with E-state index in [-0.39, 0.29) is 11.8 Å². The van der Waals surface area contributed by atoms with Crippen LogP contribution in [0.2, 0.25) is 0 Å². The summed E-state index contributed by atoms with van der Waals surface area (Å²) in [6.45, 7) is 0.709. The van der Waals surface area contributed by atoms with E-state index in [4.69, 9.17) is 0 Å². The van der Waals surface area contributed by atoms with Crippen molar-refractivity contribution in [1.29, 1.82) is 0 Å². The lowest BCUT2D eigenvalue weighted by Gasteiger charge is -2.17. The number of hydrogen-bond acceptors (Lipinski definition) is 1. The van der Waals surface area contributed by atoms with Crippen molar-refractivity contribution in [2.45, 2.75) is 25.7 Å². The smallest absolute Gasteiger partial charge is 0.223 e. The van der Waals surface area contributed by atoms with E-state index in [2.05, 4.69) is 34.6 Å². The van der Waals surface area contributed by atoms with Crippen molar-refractivity contribution in [3.8, 4) is 0 Å². The maximum Gasteiger partial charge on any atom is 0.223 e. The number of aromatic amines is 1. The normalized spacial score (nSPS) is 18.3. The van der Waals surface area contributed by atoms with Crippen LogP contribution in [-0.4, -0.2) is 17.4 Å². The van der Waals surface area contributed by atoms with Gasteiger partial charge in [0.25, 0.3) is 0 Å². The summed E-state index contributed by atoms with van der Waals surface area (Å²) < 4.78 is 0. The quantitative estimate of drug-likeness (QED) is 0.822. The third kappa shape index (κ3) is 2.77. The first-order valence-electron chi connectivity index (χ1n) is 7.32. The van der Waals surface area contributed by atoms with Crippen molar-refractivity contribution in [3.63, 3.8) is 0 Å². The molecule has 1 amide bonds. The zero-order valence-corrected chi connectivity index (χ0v) is 11.6. The molecule has 0 unspecified atom stereocenters. The Bertz CT molecular complexity index is 627. The van der Waals surface area contributed by atoms with Gasteiger partial charge in [-0.3, -0.25) is 4.79 Å². The highest BCUT2D eigenvalue weighted by Gasteiger charge is 2.17. The summed E-state index contributed by atoms with van der Waals surface area (Å²) in [6, 6.07) is 8.27. The van der Waals surface area contributed by atoms with Crippen LogP contribution < -0.4 is 5.32 Å². The van der Waals surface area contributed by atoms with Crippen molar-refractivity contribution < 1.29 is 4.79 Å². The molecule has 104 valence electrons. The molecule has 3 rings (SSSR count). The van der Waals surface area contributed by atoms with E-state index >= 15 is 0 Å². The number of carbonyl (C=O) groups is 1. The van der Waals surface area contributed by atoms with E-state index in [9.17, 15) is 4.79 Å². The molecule has 0 aliphatic heterocycles. The summed E-state index contributed by atoms with van der Waals surface area (Å²) in [5.74, 6) is 0.372. The number of amides is 1. The van der Waals surface area contributed by atoms with Crippen LogP contribution in [0.25, 0.3) is 10.9 Å². The van der Waals surface area contributed by atoms with Gasteiger partial charge in [0.2, 0.25) is 5.91 Å². The lowest BCUT2D eigenvalue weighted by Crippen LogP contribution is -2.32. The third-order valence-corrected chi connectivity index (χ3v) is 4.01. The first-order valence-corrected chi connectivity index (χ1v) is 7.32. The fourth-order valence-electron chi connectivity index (χ4n) is 2.83. The Balaban J connectivity index is 1.54. The molecule has 3 nitrogen and oxygen atoms in total. The number of rotatable bonds is 4. The van der Waals surface area contributed by atoms with E-state index in [1.54, 1.807) is 0 Å². The molecule has 0 saturated heterocycles. The predicted octanol–water partition coefficient (Wildman–Crippen LogP) is 3.18. The van der Waals surface area contributed by atoms with Crippen LogP contribution >= 0.6 is 0 Å². The van der Waals surface area contributed by atoms with Crippen molar-refractivity contribution in [1.82, 2.24) is 10.3 Å². The van der Waals surface area contributed by atoms with E-state index in [0.717, 1.165) is 31.2 Å². The van der Waals surface area contributed by atoms with E-state index in [1.807, 2.05) is 18.3 Å². The molecule has 1 atom stereocenters. The van der Waals surface area contributed by atoms with Gasteiger partial charge in [-0.1, -0.05) is 30.4 Å². The summed E-state index contributed by atoms with van der Waals surface area (Å²) in [5.41, 5.74) is 2.43. The summed E-state index contributed by atoms with van der Waals surface area (Å²) in [5, 5.41) is 4.32. The number of para-hydroxylation sites is 1. The Kier molecular flexibility index (Phi) is 3.86. The molecule has 0 radical (unpaired) electrons. The number of allylic oxidation sites excluding steroid dienone is 2. The molecule has 3 heteroatoms. The van der Waals surface area contributed by atoms with Crippen molar-refractivity contribution in [3.05, 3.63) is 48.2 Å². The van der Waals surface area contributed by atoms with Gasteiger partial charge in [0, 0.05) is 29.6 Å².